The topological polar surface area (TPSA) is 347 Å². The third-order valence-corrected chi connectivity index (χ3v) is 9.96. The number of carbonyl (C=O) groups excluding carboxylic acids is 10. The van der Waals surface area contributed by atoms with Crippen molar-refractivity contribution in [3.05, 3.63) is 0 Å². The van der Waals surface area contributed by atoms with E-state index in [4.69, 9.17) is 39.2 Å². The average Bonchev–Trinajstić information content (AvgIpc) is 3.31. The monoisotopic (exact) mass is 976 g/mol. The maximum Gasteiger partial charge on any atom is 0.331 e. The average molecular weight is 977 g/mol. The van der Waals surface area contributed by atoms with Gasteiger partial charge in [-0.25, -0.2) is 38.4 Å². The van der Waals surface area contributed by atoms with Crippen LogP contribution in [0.15, 0.2) is 20.0 Å². The molecule has 0 bridgehead atoms. The summed E-state index contributed by atoms with van der Waals surface area (Å²) in [6.07, 6.45) is 8.05. The highest BCUT2D eigenvalue weighted by Crippen LogP contribution is 2.30. The summed E-state index contributed by atoms with van der Waals surface area (Å²) in [4.78, 5) is 134. The van der Waals surface area contributed by atoms with E-state index in [1.165, 1.54) is 24.3 Å². The van der Waals surface area contributed by atoms with Crippen LogP contribution in [-0.2, 0) is 76.4 Å². The summed E-state index contributed by atoms with van der Waals surface area (Å²) in [5, 5.41) is 22.7. The molecule has 4 unspecified atom stereocenters. The van der Waals surface area contributed by atoms with E-state index in [1.54, 1.807) is 27.7 Å². The number of nitrogens with zero attached hydrogens (tertiary/aromatic N) is 4. The second-order valence-corrected chi connectivity index (χ2v) is 15.4. The molecule has 2 amide bonds. The SMILES string of the molecule is CCOC(=O)C(CCCCNC(=O)CC(COC(=N)CCCCC(N=C=O)C(=O)OCC)(COC(=N)CCCCC(N=C=O)C(=O)OCC)CC(=O)NCCCCC(N=C=O)C(=O)OCC)N=C=O. The Kier molecular flexibility index (Phi) is 35.5. The van der Waals surface area contributed by atoms with E-state index in [-0.39, 0.29) is 89.8 Å². The van der Waals surface area contributed by atoms with Gasteiger partial charge in [0.1, 0.15) is 0 Å². The summed E-state index contributed by atoms with van der Waals surface area (Å²) in [6, 6.07) is -4.24. The standard InChI is InChI=1S/C45H68N8O16/c1-5-64-41(60)33(50-29-54)17-9-11-21-37(46)68-27-45(25-39(58)48-23-15-13-19-35(52-31-56)43(62)66-7-3,26-40(59)49-24-16-14-20-36(53-32-57)44(63)67-8-4)28-69-38(47)22-12-10-18-34(51-30-55)42(61)65-6-2/h33-36,46-47H,5-28H2,1-4H3,(H,48,58)(H,49,59). The predicted octanol–water partition coefficient (Wildman–Crippen LogP) is 3.50. The summed E-state index contributed by atoms with van der Waals surface area (Å²) in [5.41, 5.74) is -1.50. The van der Waals surface area contributed by atoms with Gasteiger partial charge in [0.2, 0.25) is 36.1 Å². The van der Waals surface area contributed by atoms with Crippen molar-refractivity contribution in [3.8, 4) is 0 Å². The number of unbranched alkanes of at least 4 members (excludes halogenated alkanes) is 4. The first-order valence-corrected chi connectivity index (χ1v) is 23.1. The zero-order valence-corrected chi connectivity index (χ0v) is 40.1. The van der Waals surface area contributed by atoms with Crippen molar-refractivity contribution in [1.82, 2.24) is 10.6 Å². The minimum absolute atomic E-state index is 0.0499. The second-order valence-electron chi connectivity index (χ2n) is 15.4. The van der Waals surface area contributed by atoms with Crippen molar-refractivity contribution < 1.29 is 76.4 Å². The lowest BCUT2D eigenvalue weighted by molar-refractivity contribution is -0.145. The molecule has 0 radical (unpaired) electrons. The molecule has 4 atom stereocenters. The van der Waals surface area contributed by atoms with Crippen molar-refractivity contribution in [2.24, 2.45) is 25.4 Å². The zero-order chi connectivity index (χ0) is 51.7. The van der Waals surface area contributed by atoms with Crippen molar-refractivity contribution in [1.29, 1.82) is 10.8 Å². The smallest absolute Gasteiger partial charge is 0.331 e. The van der Waals surface area contributed by atoms with Gasteiger partial charge in [0.25, 0.3) is 0 Å². The summed E-state index contributed by atoms with van der Waals surface area (Å²) in [5.74, 6) is -4.32. The van der Waals surface area contributed by atoms with Crippen LogP contribution >= 0.6 is 0 Å². The normalized spacial score (nSPS) is 12.9. The maximum atomic E-state index is 13.7. The molecule has 0 rings (SSSR count). The number of esters is 4. The summed E-state index contributed by atoms with van der Waals surface area (Å²) < 4.78 is 31.5. The summed E-state index contributed by atoms with van der Waals surface area (Å²) in [6.45, 7) is 6.18. The van der Waals surface area contributed by atoms with E-state index in [9.17, 15) is 47.9 Å². The van der Waals surface area contributed by atoms with Crippen LogP contribution in [0.1, 0.15) is 130 Å². The lowest BCUT2D eigenvalue weighted by Crippen LogP contribution is -2.43. The molecule has 24 heteroatoms. The molecule has 0 spiro atoms. The van der Waals surface area contributed by atoms with Gasteiger partial charge >= 0.3 is 23.9 Å². The van der Waals surface area contributed by atoms with E-state index < -0.39 is 91.3 Å². The van der Waals surface area contributed by atoms with Crippen LogP contribution in [0.3, 0.4) is 0 Å². The van der Waals surface area contributed by atoms with Gasteiger partial charge in [-0.2, -0.15) is 20.0 Å². The third kappa shape index (κ3) is 29.6. The number of ether oxygens (including phenoxy) is 6. The number of rotatable bonds is 40. The molecule has 384 valence electrons. The van der Waals surface area contributed by atoms with Crippen molar-refractivity contribution in [3.63, 3.8) is 0 Å². The molecular formula is C45H68N8O16. The molecule has 69 heavy (non-hydrogen) atoms. The molecule has 0 aromatic rings. The van der Waals surface area contributed by atoms with Gasteiger partial charge in [0, 0.05) is 38.8 Å². The fourth-order valence-corrected chi connectivity index (χ4v) is 6.52. The highest BCUT2D eigenvalue weighted by atomic mass is 16.5. The van der Waals surface area contributed by atoms with Crippen molar-refractivity contribution >= 4 is 71.8 Å². The van der Waals surface area contributed by atoms with Gasteiger partial charge < -0.3 is 39.1 Å². The summed E-state index contributed by atoms with van der Waals surface area (Å²) >= 11 is 0. The van der Waals surface area contributed by atoms with Crippen LogP contribution in [0.5, 0.6) is 0 Å². The van der Waals surface area contributed by atoms with E-state index in [1.807, 2.05) is 0 Å². The molecule has 4 N–H and O–H groups in total. The van der Waals surface area contributed by atoms with Crippen molar-refractivity contribution in [2.75, 3.05) is 52.7 Å². The Labute approximate surface area is 401 Å². The Hall–Kier alpha value is -6.72. The first-order chi connectivity index (χ1) is 33.2. The van der Waals surface area contributed by atoms with Gasteiger partial charge in [0.15, 0.2) is 36.0 Å². The minimum atomic E-state index is -1.50. The van der Waals surface area contributed by atoms with Crippen LogP contribution in [0.25, 0.3) is 0 Å². The predicted molar refractivity (Wildman–Crippen MR) is 244 cm³/mol. The molecule has 0 aliphatic heterocycles. The Morgan fingerprint density at radius 3 is 0.986 bits per heavy atom. The van der Waals surface area contributed by atoms with Gasteiger partial charge in [-0.15, -0.1) is 0 Å². The number of hydrogen-bond acceptors (Lipinski definition) is 22. The fourth-order valence-electron chi connectivity index (χ4n) is 6.52. The molecule has 0 aliphatic rings. The lowest BCUT2D eigenvalue weighted by atomic mass is 9.81. The van der Waals surface area contributed by atoms with Crippen LogP contribution in [0, 0.1) is 16.2 Å². The Morgan fingerprint density at radius 2 is 0.725 bits per heavy atom. The third-order valence-electron chi connectivity index (χ3n) is 9.96. The van der Waals surface area contributed by atoms with Crippen LogP contribution in [0.2, 0.25) is 0 Å². The Morgan fingerprint density at radius 1 is 0.449 bits per heavy atom. The minimum Gasteiger partial charge on any atom is -0.480 e. The Balaban J connectivity index is 6.34. The number of aliphatic imine (C=N–C) groups is 4. The number of nitrogens with one attached hydrogen (secondary N) is 4. The fraction of sp³-hybridized carbons (Fsp3) is 0.733. The maximum absolute atomic E-state index is 13.7. The zero-order valence-electron chi connectivity index (χ0n) is 40.1. The van der Waals surface area contributed by atoms with Gasteiger partial charge in [-0.1, -0.05) is 12.8 Å². The highest BCUT2D eigenvalue weighted by Gasteiger charge is 2.38. The number of isocyanates is 4. The van der Waals surface area contributed by atoms with E-state index in [2.05, 4.69) is 30.6 Å². The molecule has 0 fully saturated rings. The number of carbonyl (C=O) groups is 6. The van der Waals surface area contributed by atoms with Gasteiger partial charge in [-0.3, -0.25) is 20.4 Å². The second kappa shape index (κ2) is 39.3. The summed E-state index contributed by atoms with van der Waals surface area (Å²) in [7, 11) is 0. The first-order valence-electron chi connectivity index (χ1n) is 23.1. The van der Waals surface area contributed by atoms with Gasteiger partial charge in [0.05, 0.1) is 45.1 Å². The first kappa shape index (κ1) is 62.3. The molecule has 0 aromatic carbocycles. The van der Waals surface area contributed by atoms with Crippen molar-refractivity contribution in [2.45, 2.75) is 155 Å². The van der Waals surface area contributed by atoms with Gasteiger partial charge in [-0.05, 0) is 91.9 Å². The molecule has 0 aromatic heterocycles. The van der Waals surface area contributed by atoms with E-state index in [0.717, 1.165) is 0 Å². The lowest BCUT2D eigenvalue weighted by Gasteiger charge is -2.32. The van der Waals surface area contributed by atoms with Crippen LogP contribution < -0.4 is 10.6 Å². The molecular weight excluding hydrogens is 909 g/mol. The quantitative estimate of drug-likeness (QED) is 0.0170. The number of amides is 2. The molecule has 0 saturated carbocycles. The highest BCUT2D eigenvalue weighted by molar-refractivity contribution is 5.81. The van der Waals surface area contributed by atoms with Crippen LogP contribution in [-0.4, -0.2) is 149 Å². The van der Waals surface area contributed by atoms with E-state index >= 15 is 0 Å². The largest absolute Gasteiger partial charge is 0.480 e. The Bertz CT molecular complexity index is 1710. The molecule has 0 aliphatic carbocycles. The molecule has 24 nitrogen and oxygen atoms in total. The molecule has 0 heterocycles. The molecule has 0 saturated heterocycles. The number of hydrogen-bond donors (Lipinski definition) is 4. The van der Waals surface area contributed by atoms with Crippen LogP contribution in [0.4, 0.5) is 0 Å². The van der Waals surface area contributed by atoms with E-state index in [0.29, 0.717) is 51.4 Å².